The zero-order chi connectivity index (χ0) is 17.3. The molecule has 0 aromatic heterocycles. The number of hydrogen-bond acceptors (Lipinski definition) is 3. The van der Waals surface area contributed by atoms with Crippen molar-refractivity contribution in [3.63, 3.8) is 0 Å². The number of benzene rings is 1. The topological polar surface area (TPSA) is 38.8 Å². The van der Waals surface area contributed by atoms with Crippen LogP contribution in [0.5, 0.6) is 0 Å². The van der Waals surface area contributed by atoms with Crippen molar-refractivity contribution in [3.8, 4) is 0 Å². The van der Waals surface area contributed by atoms with Gasteiger partial charge >= 0.3 is 0 Å². The van der Waals surface area contributed by atoms with E-state index in [-0.39, 0.29) is 35.6 Å². The quantitative estimate of drug-likeness (QED) is 0.832. The predicted molar refractivity (Wildman–Crippen MR) is 89.6 cm³/mol. The summed E-state index contributed by atoms with van der Waals surface area (Å²) in [5, 5.41) is 0.291. The molecular weight excluding hydrogens is 333 g/mol. The lowest BCUT2D eigenvalue weighted by Crippen LogP contribution is -2.53. The van der Waals surface area contributed by atoms with Gasteiger partial charge in [-0.3, -0.25) is 4.79 Å². The van der Waals surface area contributed by atoms with Crippen LogP contribution in [0.15, 0.2) is 18.2 Å². The van der Waals surface area contributed by atoms with Gasteiger partial charge in [-0.1, -0.05) is 17.7 Å². The lowest BCUT2D eigenvalue weighted by atomic mass is 9.79. The van der Waals surface area contributed by atoms with Gasteiger partial charge in [0.25, 0.3) is 0 Å². The molecule has 2 fully saturated rings. The number of likely N-dealkylation sites (tertiary alicyclic amines) is 1. The second-order valence-electron chi connectivity index (χ2n) is 6.63. The van der Waals surface area contributed by atoms with Crippen molar-refractivity contribution < 1.29 is 18.7 Å². The van der Waals surface area contributed by atoms with Crippen LogP contribution in [0.4, 0.5) is 4.39 Å². The molecular formula is C18H23ClFNO3. The predicted octanol–water partition coefficient (Wildman–Crippen LogP) is 3.21. The van der Waals surface area contributed by atoms with Gasteiger partial charge in [-0.15, -0.1) is 0 Å². The maximum atomic E-state index is 14.0. The molecule has 0 spiro atoms. The van der Waals surface area contributed by atoms with Crippen molar-refractivity contribution in [2.24, 2.45) is 0 Å². The third-order valence-electron chi connectivity index (χ3n) is 5.58. The molecule has 24 heavy (non-hydrogen) atoms. The fraction of sp³-hybridized carbons (Fsp3) is 0.611. The van der Waals surface area contributed by atoms with Crippen LogP contribution in [-0.4, -0.2) is 49.3 Å². The molecule has 1 aromatic rings. The van der Waals surface area contributed by atoms with E-state index in [0.717, 1.165) is 25.7 Å². The Kier molecular flexibility index (Phi) is 5.13. The van der Waals surface area contributed by atoms with Gasteiger partial charge in [0.1, 0.15) is 5.82 Å². The Hall–Kier alpha value is -1.17. The number of nitrogens with zero attached hydrogens (tertiary/aromatic N) is 1. The number of ether oxygens (including phenoxy) is 2. The molecule has 0 radical (unpaired) electrons. The van der Waals surface area contributed by atoms with Crippen molar-refractivity contribution in [2.75, 3.05) is 20.8 Å². The maximum absolute atomic E-state index is 14.0. The highest BCUT2D eigenvalue weighted by Crippen LogP contribution is 2.43. The second kappa shape index (κ2) is 6.98. The molecule has 1 heterocycles. The molecule has 6 heteroatoms. The van der Waals surface area contributed by atoms with E-state index in [1.807, 2.05) is 4.90 Å². The summed E-state index contributed by atoms with van der Waals surface area (Å²) >= 11 is 6.06. The Bertz CT molecular complexity index is 606. The number of amides is 1. The van der Waals surface area contributed by atoms with Gasteiger partial charge in [0, 0.05) is 31.4 Å². The molecule has 4 nitrogen and oxygen atoms in total. The van der Waals surface area contributed by atoms with Crippen molar-refractivity contribution in [1.29, 1.82) is 0 Å². The number of rotatable bonds is 4. The van der Waals surface area contributed by atoms with E-state index in [0.29, 0.717) is 11.6 Å². The van der Waals surface area contributed by atoms with Crippen LogP contribution in [0.3, 0.4) is 0 Å². The van der Waals surface area contributed by atoms with Crippen molar-refractivity contribution in [2.45, 2.75) is 49.9 Å². The standard InChI is InChI=1S/C18H23ClFNO3/c1-23-12-6-7-18(24-2)8-9-21(16(18)10-12)17(22)11-13-14(19)4-3-5-15(13)20/h3-5,12,16H,6-11H2,1-2H3/t12-,16+,18-/m1/s1. The molecule has 0 unspecified atom stereocenters. The number of methoxy groups -OCH3 is 2. The number of carbonyl (C=O) groups is 1. The van der Waals surface area contributed by atoms with Crippen molar-refractivity contribution in [1.82, 2.24) is 4.90 Å². The van der Waals surface area contributed by atoms with Crippen molar-refractivity contribution in [3.05, 3.63) is 34.6 Å². The normalized spacial score (nSPS) is 29.6. The minimum absolute atomic E-state index is 0.0283. The molecule has 1 aliphatic carbocycles. The zero-order valence-electron chi connectivity index (χ0n) is 14.1. The van der Waals surface area contributed by atoms with E-state index in [1.54, 1.807) is 26.4 Å². The Morgan fingerprint density at radius 1 is 1.42 bits per heavy atom. The smallest absolute Gasteiger partial charge is 0.227 e. The summed E-state index contributed by atoms with van der Waals surface area (Å²) < 4.78 is 25.3. The first kappa shape index (κ1) is 17.6. The Balaban J connectivity index is 1.80. The molecule has 1 aromatic carbocycles. The first-order valence-electron chi connectivity index (χ1n) is 8.31. The van der Waals surface area contributed by atoms with Gasteiger partial charge in [0.05, 0.1) is 24.2 Å². The molecule has 1 saturated heterocycles. The summed E-state index contributed by atoms with van der Waals surface area (Å²) in [6, 6.07) is 4.46. The summed E-state index contributed by atoms with van der Waals surface area (Å²) in [7, 11) is 3.41. The highest BCUT2D eigenvalue weighted by Gasteiger charge is 2.52. The first-order valence-corrected chi connectivity index (χ1v) is 8.69. The summed E-state index contributed by atoms with van der Waals surface area (Å²) in [6.07, 6.45) is 3.46. The van der Waals surface area contributed by atoms with Crippen LogP contribution in [-0.2, 0) is 20.7 Å². The Morgan fingerprint density at radius 2 is 2.21 bits per heavy atom. The van der Waals surface area contributed by atoms with Crippen LogP contribution >= 0.6 is 11.6 Å². The van der Waals surface area contributed by atoms with Gasteiger partial charge in [-0.05, 0) is 37.8 Å². The fourth-order valence-corrected chi connectivity index (χ4v) is 4.36. The maximum Gasteiger partial charge on any atom is 0.227 e. The van der Waals surface area contributed by atoms with Crippen LogP contribution in [0.1, 0.15) is 31.2 Å². The van der Waals surface area contributed by atoms with Gasteiger partial charge in [-0.2, -0.15) is 0 Å². The average molecular weight is 356 g/mol. The molecule has 0 N–H and O–H groups in total. The van der Waals surface area contributed by atoms with Gasteiger partial charge in [0.15, 0.2) is 0 Å². The third-order valence-corrected chi connectivity index (χ3v) is 5.94. The average Bonchev–Trinajstić information content (AvgIpc) is 2.97. The van der Waals surface area contributed by atoms with E-state index in [9.17, 15) is 9.18 Å². The van der Waals surface area contributed by atoms with E-state index in [1.165, 1.54) is 6.07 Å². The largest absolute Gasteiger partial charge is 0.381 e. The summed E-state index contributed by atoms with van der Waals surface area (Å²) in [4.78, 5) is 14.7. The monoisotopic (exact) mass is 355 g/mol. The van der Waals surface area contributed by atoms with E-state index >= 15 is 0 Å². The Labute approximate surface area is 146 Å². The van der Waals surface area contributed by atoms with E-state index in [4.69, 9.17) is 21.1 Å². The van der Waals surface area contributed by atoms with E-state index < -0.39 is 5.82 Å². The number of carbonyl (C=O) groups excluding carboxylic acids is 1. The molecule has 3 rings (SSSR count). The first-order chi connectivity index (χ1) is 11.5. The highest BCUT2D eigenvalue weighted by molar-refractivity contribution is 6.31. The fourth-order valence-electron chi connectivity index (χ4n) is 4.13. The van der Waals surface area contributed by atoms with Crippen LogP contribution in [0, 0.1) is 5.82 Å². The molecule has 3 atom stereocenters. The van der Waals surface area contributed by atoms with Gasteiger partial charge < -0.3 is 14.4 Å². The van der Waals surface area contributed by atoms with E-state index in [2.05, 4.69) is 0 Å². The molecule has 1 amide bonds. The number of hydrogen-bond donors (Lipinski definition) is 0. The minimum Gasteiger partial charge on any atom is -0.381 e. The summed E-state index contributed by atoms with van der Waals surface area (Å²) in [5.41, 5.74) is -0.0397. The molecule has 0 bridgehead atoms. The highest BCUT2D eigenvalue weighted by atomic mass is 35.5. The lowest BCUT2D eigenvalue weighted by Gasteiger charge is -2.43. The lowest BCUT2D eigenvalue weighted by molar-refractivity contribution is -0.140. The summed E-state index contributed by atoms with van der Waals surface area (Å²) in [6.45, 7) is 0.625. The minimum atomic E-state index is -0.438. The number of halogens is 2. The van der Waals surface area contributed by atoms with Gasteiger partial charge in [-0.25, -0.2) is 4.39 Å². The molecule has 1 aliphatic heterocycles. The second-order valence-corrected chi connectivity index (χ2v) is 7.04. The molecule has 1 saturated carbocycles. The molecule has 2 aliphatic rings. The third kappa shape index (κ3) is 3.05. The summed E-state index contributed by atoms with van der Waals surface area (Å²) in [5.74, 6) is -0.547. The van der Waals surface area contributed by atoms with Gasteiger partial charge in [0.2, 0.25) is 5.91 Å². The Morgan fingerprint density at radius 3 is 2.88 bits per heavy atom. The van der Waals surface area contributed by atoms with Crippen LogP contribution < -0.4 is 0 Å². The zero-order valence-corrected chi connectivity index (χ0v) is 14.8. The SMILES string of the molecule is CO[C@@H]1CC[C@@]2(OC)CCN(C(=O)Cc3c(F)cccc3Cl)[C@H]2C1. The van der Waals surface area contributed by atoms with Crippen molar-refractivity contribution >= 4 is 17.5 Å². The van der Waals surface area contributed by atoms with Crippen LogP contribution in [0.25, 0.3) is 0 Å². The number of fused-ring (bicyclic) bond motifs is 1. The van der Waals surface area contributed by atoms with Crippen LogP contribution in [0.2, 0.25) is 5.02 Å². The molecule has 132 valence electrons.